The lowest BCUT2D eigenvalue weighted by Crippen LogP contribution is -2.22. The van der Waals surface area contributed by atoms with E-state index >= 15 is 0 Å². The minimum absolute atomic E-state index is 0.00987. The molecule has 0 aromatic heterocycles. The molecule has 4 nitrogen and oxygen atoms in total. The van der Waals surface area contributed by atoms with Crippen molar-refractivity contribution in [2.45, 2.75) is 25.7 Å². The molecule has 2 saturated carbocycles. The van der Waals surface area contributed by atoms with E-state index in [4.69, 9.17) is 0 Å². The minimum atomic E-state index is -0.343. The minimum Gasteiger partial charge on any atom is -0.507 e. The van der Waals surface area contributed by atoms with Gasteiger partial charge < -0.3 is 5.11 Å². The normalized spacial score (nSPS) is 25.0. The first kappa shape index (κ1) is 13.3. The smallest absolute Gasteiger partial charge is 0.275 e. The molecule has 4 rings (SSSR count). The number of aromatic hydroxyl groups is 1. The van der Waals surface area contributed by atoms with Crippen LogP contribution < -0.4 is 5.43 Å². The zero-order valence-corrected chi connectivity index (χ0v) is 12.2. The second-order valence-corrected chi connectivity index (χ2v) is 6.31. The summed E-state index contributed by atoms with van der Waals surface area (Å²) >= 11 is 0. The SMILES string of the molecule is O=C(N/N=C1/C[C@@H]2CC[C@H]1C2)c1c(O)ccc2ccccc12. The van der Waals surface area contributed by atoms with Gasteiger partial charge in [0.05, 0.1) is 5.56 Å². The van der Waals surface area contributed by atoms with Gasteiger partial charge in [0, 0.05) is 5.71 Å². The number of amides is 1. The molecule has 0 saturated heterocycles. The van der Waals surface area contributed by atoms with Crippen molar-refractivity contribution in [3.05, 3.63) is 42.0 Å². The summed E-state index contributed by atoms with van der Waals surface area (Å²) < 4.78 is 0. The summed E-state index contributed by atoms with van der Waals surface area (Å²) in [5.74, 6) is 0.951. The first-order valence-electron chi connectivity index (χ1n) is 7.80. The van der Waals surface area contributed by atoms with E-state index in [1.807, 2.05) is 30.3 Å². The standard InChI is InChI=1S/C18H18N2O2/c21-16-8-7-12-3-1-2-4-14(12)17(16)18(22)20-19-15-10-11-5-6-13(15)9-11/h1-4,7-8,11,13,21H,5-6,9-10H2,(H,20,22)/b19-15-/t11-,13+/m1/s1. The molecule has 0 unspecified atom stereocenters. The monoisotopic (exact) mass is 294 g/mol. The third-order valence-electron chi connectivity index (χ3n) is 4.95. The van der Waals surface area contributed by atoms with Crippen molar-refractivity contribution in [3.8, 4) is 5.75 Å². The molecule has 0 spiro atoms. The van der Waals surface area contributed by atoms with Crippen molar-refractivity contribution in [1.82, 2.24) is 5.43 Å². The van der Waals surface area contributed by atoms with E-state index in [0.29, 0.717) is 11.5 Å². The van der Waals surface area contributed by atoms with Crippen LogP contribution >= 0.6 is 0 Å². The Hall–Kier alpha value is -2.36. The predicted octanol–water partition coefficient (Wildman–Crippen LogP) is 3.45. The van der Waals surface area contributed by atoms with Gasteiger partial charge in [-0.05, 0) is 54.4 Å². The molecule has 2 aliphatic rings. The van der Waals surface area contributed by atoms with E-state index in [9.17, 15) is 9.90 Å². The number of nitrogens with one attached hydrogen (secondary N) is 1. The Kier molecular flexibility index (Phi) is 3.10. The Morgan fingerprint density at radius 1 is 1.18 bits per heavy atom. The maximum absolute atomic E-state index is 12.5. The van der Waals surface area contributed by atoms with Gasteiger partial charge in [-0.1, -0.05) is 30.3 Å². The Labute approximate surface area is 128 Å². The highest BCUT2D eigenvalue weighted by atomic mass is 16.3. The molecule has 2 atom stereocenters. The number of hydrazone groups is 1. The van der Waals surface area contributed by atoms with Gasteiger partial charge in [-0.2, -0.15) is 5.10 Å². The van der Waals surface area contributed by atoms with Gasteiger partial charge in [0.15, 0.2) is 0 Å². The van der Waals surface area contributed by atoms with Crippen LogP contribution in [0, 0.1) is 11.8 Å². The maximum Gasteiger partial charge on any atom is 0.275 e. The fourth-order valence-corrected chi connectivity index (χ4v) is 3.84. The fourth-order valence-electron chi connectivity index (χ4n) is 3.84. The van der Waals surface area contributed by atoms with Gasteiger partial charge in [0.1, 0.15) is 5.75 Å². The highest BCUT2D eigenvalue weighted by Gasteiger charge is 2.36. The molecule has 4 heteroatoms. The van der Waals surface area contributed by atoms with Crippen LogP contribution in [-0.2, 0) is 0 Å². The van der Waals surface area contributed by atoms with Crippen LogP contribution in [0.2, 0.25) is 0 Å². The van der Waals surface area contributed by atoms with Gasteiger partial charge in [-0.3, -0.25) is 4.79 Å². The summed E-state index contributed by atoms with van der Waals surface area (Å²) in [4.78, 5) is 12.5. The van der Waals surface area contributed by atoms with E-state index in [2.05, 4.69) is 10.5 Å². The van der Waals surface area contributed by atoms with Crippen molar-refractivity contribution in [2.75, 3.05) is 0 Å². The summed E-state index contributed by atoms with van der Waals surface area (Å²) in [6.07, 6.45) is 4.71. The van der Waals surface area contributed by atoms with Gasteiger partial charge >= 0.3 is 0 Å². The molecule has 0 heterocycles. The van der Waals surface area contributed by atoms with Crippen LogP contribution in [0.25, 0.3) is 10.8 Å². The summed E-state index contributed by atoms with van der Waals surface area (Å²) in [7, 11) is 0. The van der Waals surface area contributed by atoms with Crippen molar-refractivity contribution in [2.24, 2.45) is 16.9 Å². The second-order valence-electron chi connectivity index (χ2n) is 6.31. The van der Waals surface area contributed by atoms with Crippen LogP contribution in [0.5, 0.6) is 5.75 Å². The zero-order chi connectivity index (χ0) is 15.1. The van der Waals surface area contributed by atoms with E-state index in [1.54, 1.807) is 6.07 Å². The third kappa shape index (κ3) is 2.15. The van der Waals surface area contributed by atoms with E-state index < -0.39 is 0 Å². The Morgan fingerprint density at radius 3 is 2.82 bits per heavy atom. The molecule has 1 amide bonds. The molecule has 2 aliphatic carbocycles. The predicted molar refractivity (Wildman–Crippen MR) is 86.0 cm³/mol. The van der Waals surface area contributed by atoms with Crippen molar-refractivity contribution in [3.63, 3.8) is 0 Å². The lowest BCUT2D eigenvalue weighted by molar-refractivity contribution is 0.0953. The molecule has 112 valence electrons. The summed E-state index contributed by atoms with van der Waals surface area (Å²) in [5.41, 5.74) is 4.06. The number of carbonyl (C=O) groups excluding carboxylic acids is 1. The number of benzene rings is 2. The van der Waals surface area contributed by atoms with E-state index in [1.165, 1.54) is 19.3 Å². The Balaban J connectivity index is 1.63. The van der Waals surface area contributed by atoms with Crippen LogP contribution in [-0.4, -0.2) is 16.7 Å². The van der Waals surface area contributed by atoms with Crippen LogP contribution in [0.3, 0.4) is 0 Å². The Bertz CT molecular complexity index is 782. The van der Waals surface area contributed by atoms with Gasteiger partial charge in [0.25, 0.3) is 5.91 Å². The molecule has 2 fully saturated rings. The number of nitrogens with zero attached hydrogens (tertiary/aromatic N) is 1. The van der Waals surface area contributed by atoms with Gasteiger partial charge in [-0.25, -0.2) is 5.43 Å². The van der Waals surface area contributed by atoms with Gasteiger partial charge in [-0.15, -0.1) is 0 Å². The largest absolute Gasteiger partial charge is 0.507 e. The van der Waals surface area contributed by atoms with E-state index in [-0.39, 0.29) is 11.7 Å². The average Bonchev–Trinajstić information content (AvgIpc) is 3.15. The number of phenolic OH excluding ortho intramolecular Hbond substituents is 1. The molecule has 22 heavy (non-hydrogen) atoms. The quantitative estimate of drug-likeness (QED) is 0.833. The first-order chi connectivity index (χ1) is 10.7. The van der Waals surface area contributed by atoms with Crippen molar-refractivity contribution in [1.29, 1.82) is 0 Å². The maximum atomic E-state index is 12.5. The number of hydrogen-bond acceptors (Lipinski definition) is 3. The average molecular weight is 294 g/mol. The lowest BCUT2D eigenvalue weighted by Gasteiger charge is -2.12. The van der Waals surface area contributed by atoms with Crippen LogP contribution in [0.15, 0.2) is 41.5 Å². The Morgan fingerprint density at radius 2 is 2.05 bits per heavy atom. The molecule has 2 bridgehead atoms. The third-order valence-corrected chi connectivity index (χ3v) is 4.95. The second kappa shape index (κ2) is 5.13. The number of carbonyl (C=O) groups is 1. The van der Waals surface area contributed by atoms with Crippen molar-refractivity contribution < 1.29 is 9.90 Å². The number of fused-ring (bicyclic) bond motifs is 3. The highest BCUT2D eigenvalue weighted by Crippen LogP contribution is 2.42. The summed E-state index contributed by atoms with van der Waals surface area (Å²) in [5, 5.41) is 16.1. The van der Waals surface area contributed by atoms with E-state index in [0.717, 1.165) is 28.8 Å². The molecule has 2 N–H and O–H groups in total. The van der Waals surface area contributed by atoms with Crippen LogP contribution in [0.4, 0.5) is 0 Å². The lowest BCUT2D eigenvalue weighted by atomic mass is 9.99. The highest BCUT2D eigenvalue weighted by molar-refractivity contribution is 6.09. The molecule has 0 aliphatic heterocycles. The van der Waals surface area contributed by atoms with Crippen molar-refractivity contribution >= 4 is 22.4 Å². The number of phenols is 1. The molecular formula is C18H18N2O2. The fraction of sp³-hybridized carbons (Fsp3) is 0.333. The first-order valence-corrected chi connectivity index (χ1v) is 7.80. The molecular weight excluding hydrogens is 276 g/mol. The molecule has 0 radical (unpaired) electrons. The number of hydrogen-bond donors (Lipinski definition) is 2. The number of rotatable bonds is 2. The summed E-state index contributed by atoms with van der Waals surface area (Å²) in [6, 6.07) is 10.9. The zero-order valence-electron chi connectivity index (χ0n) is 12.2. The summed E-state index contributed by atoms with van der Waals surface area (Å²) in [6.45, 7) is 0. The van der Waals surface area contributed by atoms with Gasteiger partial charge in [0.2, 0.25) is 0 Å². The molecule has 2 aromatic rings. The van der Waals surface area contributed by atoms with Crippen LogP contribution in [0.1, 0.15) is 36.0 Å². The topological polar surface area (TPSA) is 61.7 Å². The molecule has 2 aromatic carbocycles.